The quantitative estimate of drug-likeness (QED) is 0.771. The van der Waals surface area contributed by atoms with E-state index >= 15 is 0 Å². The molecule has 5 nitrogen and oxygen atoms in total. The minimum absolute atomic E-state index is 0.0276. The van der Waals surface area contributed by atoms with Crippen LogP contribution < -0.4 is 0 Å². The molecular formula is C19H20N4OS. The number of nitrogens with one attached hydrogen (secondary N) is 1. The van der Waals surface area contributed by atoms with Crippen LogP contribution in [0.1, 0.15) is 44.8 Å². The van der Waals surface area contributed by atoms with Gasteiger partial charge in [-0.2, -0.15) is 5.10 Å². The van der Waals surface area contributed by atoms with Gasteiger partial charge in [-0.05, 0) is 38.3 Å². The molecule has 4 rings (SSSR count). The van der Waals surface area contributed by atoms with Crippen LogP contribution >= 0.6 is 11.3 Å². The lowest BCUT2D eigenvalue weighted by Crippen LogP contribution is -2.30. The topological polar surface area (TPSA) is 61.9 Å². The van der Waals surface area contributed by atoms with Gasteiger partial charge in [0.05, 0.1) is 10.9 Å². The maximum absolute atomic E-state index is 12.9. The van der Waals surface area contributed by atoms with Gasteiger partial charge >= 0.3 is 0 Å². The van der Waals surface area contributed by atoms with Crippen LogP contribution in [-0.2, 0) is 0 Å². The number of thiophene rings is 1. The van der Waals surface area contributed by atoms with Crippen LogP contribution in [0.15, 0.2) is 36.4 Å². The Balaban J connectivity index is 1.59. The third-order valence-corrected chi connectivity index (χ3v) is 5.88. The standard InChI is InChI=1S/C19H20N4OS/c1-12-11-16(25-13(12)2)19(24)23-10-6-9-15(23)18-20-17(21-22-18)14-7-4-3-5-8-14/h3-5,7-8,11,15H,6,9-10H2,1-2H3,(H,20,21,22). The molecule has 0 spiro atoms. The molecule has 0 radical (unpaired) electrons. The third kappa shape index (κ3) is 2.98. The van der Waals surface area contributed by atoms with E-state index in [1.54, 1.807) is 11.3 Å². The summed E-state index contributed by atoms with van der Waals surface area (Å²) in [7, 11) is 0. The summed E-state index contributed by atoms with van der Waals surface area (Å²) in [4.78, 5) is 21.5. The third-order valence-electron chi connectivity index (χ3n) is 4.74. The molecule has 3 heterocycles. The monoisotopic (exact) mass is 352 g/mol. The van der Waals surface area contributed by atoms with Crippen molar-refractivity contribution >= 4 is 17.2 Å². The van der Waals surface area contributed by atoms with Crippen molar-refractivity contribution in [3.8, 4) is 11.4 Å². The van der Waals surface area contributed by atoms with E-state index < -0.39 is 0 Å². The van der Waals surface area contributed by atoms with E-state index in [2.05, 4.69) is 22.1 Å². The van der Waals surface area contributed by atoms with Crippen molar-refractivity contribution in [2.24, 2.45) is 0 Å². The Labute approximate surface area is 150 Å². The Morgan fingerprint density at radius 3 is 2.80 bits per heavy atom. The second kappa shape index (κ2) is 6.44. The number of rotatable bonds is 3. The molecule has 1 aromatic carbocycles. The Bertz CT molecular complexity index is 880. The van der Waals surface area contributed by atoms with E-state index in [-0.39, 0.29) is 11.9 Å². The van der Waals surface area contributed by atoms with Gasteiger partial charge in [0.15, 0.2) is 5.82 Å². The second-order valence-electron chi connectivity index (χ2n) is 6.42. The summed E-state index contributed by atoms with van der Waals surface area (Å²) in [5.74, 6) is 1.55. The highest BCUT2D eigenvalue weighted by atomic mass is 32.1. The highest BCUT2D eigenvalue weighted by molar-refractivity contribution is 7.14. The summed E-state index contributed by atoms with van der Waals surface area (Å²) in [5.41, 5.74) is 2.15. The summed E-state index contributed by atoms with van der Waals surface area (Å²) < 4.78 is 0. The van der Waals surface area contributed by atoms with Gasteiger partial charge in [0.25, 0.3) is 5.91 Å². The van der Waals surface area contributed by atoms with Crippen molar-refractivity contribution in [3.05, 3.63) is 57.5 Å². The number of carbonyl (C=O) groups is 1. The lowest BCUT2D eigenvalue weighted by Gasteiger charge is -2.22. The van der Waals surface area contributed by atoms with Crippen molar-refractivity contribution in [2.45, 2.75) is 32.7 Å². The Morgan fingerprint density at radius 1 is 1.28 bits per heavy atom. The zero-order valence-electron chi connectivity index (χ0n) is 14.3. The highest BCUT2D eigenvalue weighted by Gasteiger charge is 2.33. The molecule has 1 unspecified atom stereocenters. The summed E-state index contributed by atoms with van der Waals surface area (Å²) in [6.45, 7) is 4.87. The molecule has 6 heteroatoms. The van der Waals surface area contributed by atoms with Crippen LogP contribution in [0.3, 0.4) is 0 Å². The van der Waals surface area contributed by atoms with E-state index in [4.69, 9.17) is 0 Å². The van der Waals surface area contributed by atoms with E-state index in [0.717, 1.165) is 35.7 Å². The fraction of sp³-hybridized carbons (Fsp3) is 0.316. The summed E-state index contributed by atoms with van der Waals surface area (Å²) in [6, 6.07) is 11.9. The summed E-state index contributed by atoms with van der Waals surface area (Å²) in [5, 5.41) is 7.39. The van der Waals surface area contributed by atoms with Gasteiger partial charge in [-0.25, -0.2) is 4.98 Å². The molecule has 1 atom stereocenters. The van der Waals surface area contributed by atoms with E-state index in [9.17, 15) is 4.79 Å². The van der Waals surface area contributed by atoms with Crippen LogP contribution in [-0.4, -0.2) is 32.5 Å². The number of hydrogen-bond acceptors (Lipinski definition) is 4. The number of amides is 1. The van der Waals surface area contributed by atoms with Crippen LogP contribution in [0.5, 0.6) is 0 Å². The Morgan fingerprint density at radius 2 is 2.08 bits per heavy atom. The van der Waals surface area contributed by atoms with Gasteiger partial charge in [-0.15, -0.1) is 11.3 Å². The van der Waals surface area contributed by atoms with Crippen LogP contribution in [0.2, 0.25) is 0 Å². The number of aryl methyl sites for hydroxylation is 2. The molecule has 1 N–H and O–H groups in total. The first-order valence-corrected chi connectivity index (χ1v) is 9.31. The molecule has 0 aliphatic carbocycles. The van der Waals surface area contributed by atoms with Crippen molar-refractivity contribution in [1.29, 1.82) is 0 Å². The first kappa shape index (κ1) is 16.0. The number of aromatic amines is 1. The predicted molar refractivity (Wildman–Crippen MR) is 98.6 cm³/mol. The SMILES string of the molecule is Cc1cc(C(=O)N2CCCC2c2nc(-c3ccccc3)n[nH]2)sc1C. The number of nitrogens with zero attached hydrogens (tertiary/aromatic N) is 3. The minimum atomic E-state index is -0.0276. The van der Waals surface area contributed by atoms with Crippen molar-refractivity contribution in [3.63, 3.8) is 0 Å². The van der Waals surface area contributed by atoms with Gasteiger partial charge in [0.1, 0.15) is 5.82 Å². The Hall–Kier alpha value is -2.47. The predicted octanol–water partition coefficient (Wildman–Crippen LogP) is 4.13. The molecule has 1 saturated heterocycles. The van der Waals surface area contributed by atoms with Gasteiger partial charge in [-0.3, -0.25) is 9.89 Å². The molecular weight excluding hydrogens is 332 g/mol. The van der Waals surface area contributed by atoms with Gasteiger partial charge in [-0.1, -0.05) is 30.3 Å². The minimum Gasteiger partial charge on any atom is -0.328 e. The number of aromatic nitrogens is 3. The summed E-state index contributed by atoms with van der Waals surface area (Å²) >= 11 is 1.57. The molecule has 3 aromatic rings. The van der Waals surface area contributed by atoms with E-state index in [1.165, 1.54) is 10.4 Å². The number of likely N-dealkylation sites (tertiary alicyclic amines) is 1. The van der Waals surface area contributed by atoms with Crippen LogP contribution in [0, 0.1) is 13.8 Å². The largest absolute Gasteiger partial charge is 0.328 e. The molecule has 25 heavy (non-hydrogen) atoms. The van der Waals surface area contributed by atoms with Gasteiger partial charge in [0.2, 0.25) is 0 Å². The fourth-order valence-corrected chi connectivity index (χ4v) is 4.24. The average Bonchev–Trinajstić information content (AvgIpc) is 3.35. The van der Waals surface area contributed by atoms with Crippen LogP contribution in [0.4, 0.5) is 0 Å². The summed E-state index contributed by atoms with van der Waals surface area (Å²) in [6.07, 6.45) is 1.90. The number of benzene rings is 1. The second-order valence-corrected chi connectivity index (χ2v) is 7.67. The molecule has 1 amide bonds. The van der Waals surface area contributed by atoms with Crippen molar-refractivity contribution in [2.75, 3.05) is 6.54 Å². The molecule has 1 aliphatic rings. The molecule has 0 saturated carbocycles. The lowest BCUT2D eigenvalue weighted by molar-refractivity contribution is 0.0735. The molecule has 1 aliphatic heterocycles. The molecule has 0 bridgehead atoms. The zero-order chi connectivity index (χ0) is 17.4. The zero-order valence-corrected chi connectivity index (χ0v) is 15.1. The number of H-pyrrole nitrogens is 1. The normalized spacial score (nSPS) is 17.2. The smallest absolute Gasteiger partial charge is 0.264 e. The maximum atomic E-state index is 12.9. The molecule has 2 aromatic heterocycles. The van der Waals surface area contributed by atoms with Crippen molar-refractivity contribution in [1.82, 2.24) is 20.1 Å². The van der Waals surface area contributed by atoms with E-state index in [1.807, 2.05) is 48.2 Å². The lowest BCUT2D eigenvalue weighted by atomic mass is 10.2. The maximum Gasteiger partial charge on any atom is 0.264 e. The fourth-order valence-electron chi connectivity index (χ4n) is 3.25. The van der Waals surface area contributed by atoms with Crippen LogP contribution in [0.25, 0.3) is 11.4 Å². The highest BCUT2D eigenvalue weighted by Crippen LogP contribution is 2.33. The van der Waals surface area contributed by atoms with Crippen molar-refractivity contribution < 1.29 is 4.79 Å². The number of hydrogen-bond donors (Lipinski definition) is 1. The first-order chi connectivity index (χ1) is 12.1. The molecule has 1 fully saturated rings. The first-order valence-electron chi connectivity index (χ1n) is 8.49. The Kier molecular flexibility index (Phi) is 4.13. The average molecular weight is 352 g/mol. The van der Waals surface area contributed by atoms with E-state index in [0.29, 0.717) is 5.82 Å². The molecule has 128 valence electrons. The number of carbonyl (C=O) groups excluding carboxylic acids is 1. The van der Waals surface area contributed by atoms with Gasteiger partial charge in [0, 0.05) is 17.0 Å². The van der Waals surface area contributed by atoms with Gasteiger partial charge < -0.3 is 4.90 Å².